The van der Waals surface area contributed by atoms with E-state index in [0.29, 0.717) is 35.1 Å². The zero-order chi connectivity index (χ0) is 17.4. The highest BCUT2D eigenvalue weighted by molar-refractivity contribution is 5.85. The summed E-state index contributed by atoms with van der Waals surface area (Å²) in [5.74, 6) is 2.13. The van der Waals surface area contributed by atoms with E-state index in [1.54, 1.807) is 6.33 Å². The number of nitrogens with two attached hydrogens (primary N) is 1. The van der Waals surface area contributed by atoms with Crippen molar-refractivity contribution in [2.45, 2.75) is 51.4 Å². The van der Waals surface area contributed by atoms with Gasteiger partial charge in [-0.05, 0) is 31.1 Å². The van der Waals surface area contributed by atoms with Crippen molar-refractivity contribution in [1.29, 1.82) is 0 Å². The molecule has 1 saturated carbocycles. The van der Waals surface area contributed by atoms with Gasteiger partial charge in [-0.25, -0.2) is 15.0 Å². The van der Waals surface area contributed by atoms with Crippen molar-refractivity contribution in [1.82, 2.24) is 24.8 Å². The van der Waals surface area contributed by atoms with E-state index in [1.165, 1.54) is 25.7 Å². The molecule has 2 fully saturated rings. The molecule has 134 valence electrons. The highest BCUT2D eigenvalue weighted by Gasteiger charge is 2.36. The molecule has 0 spiro atoms. The Balaban J connectivity index is 1.56. The largest absolute Gasteiger partial charge is 0.382 e. The molecule has 3 atom stereocenters. The lowest BCUT2D eigenvalue weighted by Gasteiger charge is -2.42. The molecule has 0 unspecified atom stereocenters. The Labute approximate surface area is 147 Å². The smallest absolute Gasteiger partial charge is 0.233 e. The second-order valence-electron chi connectivity index (χ2n) is 7.41. The third-order valence-corrected chi connectivity index (χ3v) is 5.95. The van der Waals surface area contributed by atoms with Crippen molar-refractivity contribution in [2.75, 3.05) is 18.8 Å². The fraction of sp³-hybridized carbons (Fsp3) is 0.667. The highest BCUT2D eigenvalue weighted by atomic mass is 16.2. The molecule has 3 N–H and O–H groups in total. The minimum Gasteiger partial charge on any atom is -0.382 e. The zero-order valence-electron chi connectivity index (χ0n) is 14.7. The molecular weight excluding hydrogens is 316 g/mol. The van der Waals surface area contributed by atoms with E-state index >= 15 is 0 Å². The Bertz CT molecular complexity index is 772. The van der Waals surface area contributed by atoms with E-state index in [2.05, 4.69) is 19.9 Å². The van der Waals surface area contributed by atoms with Gasteiger partial charge in [-0.15, -0.1) is 0 Å². The van der Waals surface area contributed by atoms with Crippen LogP contribution in [0.5, 0.6) is 0 Å². The lowest BCUT2D eigenvalue weighted by Crippen LogP contribution is -2.46. The molecule has 7 heteroatoms. The van der Waals surface area contributed by atoms with Gasteiger partial charge in [0.1, 0.15) is 11.3 Å². The standard InChI is InChI=1S/C18H26N6O/c1-2-13(16-22-15(19)14-17(23-16)21-10-20-14)18(25)24-8-7-11-5-3-4-6-12(11)9-24/h10-13H,2-9H2,1H3,(H3,19,20,21,22,23)/t11-,12+,13+/m0/s1. The topological polar surface area (TPSA) is 101 Å². The predicted molar refractivity (Wildman–Crippen MR) is 95.8 cm³/mol. The third-order valence-electron chi connectivity index (χ3n) is 5.95. The molecule has 2 aromatic heterocycles. The van der Waals surface area contributed by atoms with Gasteiger partial charge in [0, 0.05) is 13.1 Å². The van der Waals surface area contributed by atoms with E-state index in [-0.39, 0.29) is 11.8 Å². The van der Waals surface area contributed by atoms with Crippen LogP contribution < -0.4 is 5.73 Å². The molecule has 2 aliphatic rings. The summed E-state index contributed by atoms with van der Waals surface area (Å²) in [5.41, 5.74) is 7.17. The van der Waals surface area contributed by atoms with Crippen LogP contribution in [0.3, 0.4) is 0 Å². The van der Waals surface area contributed by atoms with Crippen molar-refractivity contribution in [3.63, 3.8) is 0 Å². The fourth-order valence-electron chi connectivity index (χ4n) is 4.52. The second-order valence-corrected chi connectivity index (χ2v) is 7.41. The summed E-state index contributed by atoms with van der Waals surface area (Å²) in [5, 5.41) is 0. The van der Waals surface area contributed by atoms with Gasteiger partial charge in [0.05, 0.1) is 12.2 Å². The number of likely N-dealkylation sites (tertiary alicyclic amines) is 1. The van der Waals surface area contributed by atoms with Gasteiger partial charge >= 0.3 is 0 Å². The number of aromatic nitrogens is 4. The van der Waals surface area contributed by atoms with Crippen LogP contribution in [0.2, 0.25) is 0 Å². The van der Waals surface area contributed by atoms with Gasteiger partial charge in [-0.1, -0.05) is 26.2 Å². The number of nitrogens with one attached hydrogen (secondary N) is 1. The quantitative estimate of drug-likeness (QED) is 0.892. The number of nitrogen functional groups attached to an aromatic ring is 1. The Morgan fingerprint density at radius 1 is 1.32 bits per heavy atom. The molecule has 7 nitrogen and oxygen atoms in total. The van der Waals surface area contributed by atoms with Crippen molar-refractivity contribution < 1.29 is 4.79 Å². The van der Waals surface area contributed by atoms with Crippen LogP contribution in [0.4, 0.5) is 5.82 Å². The average Bonchev–Trinajstić information content (AvgIpc) is 3.11. The van der Waals surface area contributed by atoms with E-state index in [0.717, 1.165) is 25.4 Å². The monoisotopic (exact) mass is 342 g/mol. The van der Waals surface area contributed by atoms with Gasteiger partial charge in [0.2, 0.25) is 5.91 Å². The molecule has 0 radical (unpaired) electrons. The number of carbonyl (C=O) groups excluding carboxylic acids is 1. The van der Waals surface area contributed by atoms with Crippen molar-refractivity contribution in [2.24, 2.45) is 11.8 Å². The molecule has 1 amide bonds. The molecule has 2 aromatic rings. The van der Waals surface area contributed by atoms with E-state index < -0.39 is 0 Å². The Morgan fingerprint density at radius 2 is 2.12 bits per heavy atom. The summed E-state index contributed by atoms with van der Waals surface area (Å²) in [7, 11) is 0. The molecule has 4 rings (SSSR count). The van der Waals surface area contributed by atoms with Gasteiger partial charge in [0.15, 0.2) is 11.5 Å². The third kappa shape index (κ3) is 2.96. The maximum atomic E-state index is 13.2. The molecule has 1 aliphatic heterocycles. The first-order chi connectivity index (χ1) is 12.2. The number of aromatic amines is 1. The molecule has 1 aliphatic carbocycles. The van der Waals surface area contributed by atoms with Gasteiger partial charge in [0.25, 0.3) is 0 Å². The van der Waals surface area contributed by atoms with Gasteiger partial charge in [-0.3, -0.25) is 4.79 Å². The SMILES string of the molecule is CC[C@@H](C(=O)N1CC[C@@H]2CCCC[C@@H]2C1)c1nc(N)c2[nH]cnc2n1. The van der Waals surface area contributed by atoms with E-state index in [1.807, 2.05) is 11.8 Å². The fourth-order valence-corrected chi connectivity index (χ4v) is 4.52. The summed E-state index contributed by atoms with van der Waals surface area (Å²) >= 11 is 0. The first-order valence-electron chi connectivity index (χ1n) is 9.42. The van der Waals surface area contributed by atoms with Crippen molar-refractivity contribution in [3.05, 3.63) is 12.2 Å². The Morgan fingerprint density at radius 3 is 2.92 bits per heavy atom. The van der Waals surface area contributed by atoms with Crippen LogP contribution in [-0.4, -0.2) is 43.8 Å². The first-order valence-corrected chi connectivity index (χ1v) is 9.42. The molecule has 0 aromatic carbocycles. The number of nitrogens with zero attached hydrogens (tertiary/aromatic N) is 4. The van der Waals surface area contributed by atoms with Crippen LogP contribution in [-0.2, 0) is 4.79 Å². The lowest BCUT2D eigenvalue weighted by molar-refractivity contribution is -0.136. The Kier molecular flexibility index (Phi) is 4.31. The van der Waals surface area contributed by atoms with Gasteiger partial charge < -0.3 is 15.6 Å². The zero-order valence-corrected chi connectivity index (χ0v) is 14.7. The minimum atomic E-state index is -0.344. The van der Waals surface area contributed by atoms with Crippen molar-refractivity contribution in [3.8, 4) is 0 Å². The van der Waals surface area contributed by atoms with E-state index in [4.69, 9.17) is 5.73 Å². The van der Waals surface area contributed by atoms with Crippen LogP contribution in [0.15, 0.2) is 6.33 Å². The van der Waals surface area contributed by atoms with Crippen LogP contribution in [0.1, 0.15) is 57.2 Å². The maximum absolute atomic E-state index is 13.2. The Hall–Kier alpha value is -2.18. The summed E-state index contributed by atoms with van der Waals surface area (Å²) in [6.45, 7) is 3.75. The highest BCUT2D eigenvalue weighted by Crippen LogP contribution is 2.37. The maximum Gasteiger partial charge on any atom is 0.233 e. The first kappa shape index (κ1) is 16.3. The van der Waals surface area contributed by atoms with Crippen LogP contribution in [0.25, 0.3) is 11.2 Å². The molecular formula is C18H26N6O. The number of fused-ring (bicyclic) bond motifs is 2. The number of rotatable bonds is 3. The minimum absolute atomic E-state index is 0.140. The predicted octanol–water partition coefficient (Wildman–Crippen LogP) is 2.47. The number of hydrogen-bond acceptors (Lipinski definition) is 5. The number of H-pyrrole nitrogens is 1. The van der Waals surface area contributed by atoms with Gasteiger partial charge in [-0.2, -0.15) is 0 Å². The number of hydrogen-bond donors (Lipinski definition) is 2. The number of piperidine rings is 1. The normalized spacial score (nSPS) is 24.9. The number of anilines is 1. The van der Waals surface area contributed by atoms with Crippen LogP contribution >= 0.6 is 0 Å². The average molecular weight is 342 g/mol. The van der Waals surface area contributed by atoms with Crippen molar-refractivity contribution >= 4 is 22.9 Å². The summed E-state index contributed by atoms with van der Waals surface area (Å²) in [6, 6.07) is 0. The molecule has 1 saturated heterocycles. The number of imidazole rings is 1. The number of carbonyl (C=O) groups is 1. The van der Waals surface area contributed by atoms with E-state index in [9.17, 15) is 4.79 Å². The second kappa shape index (κ2) is 6.61. The number of amides is 1. The summed E-state index contributed by atoms with van der Waals surface area (Å²) < 4.78 is 0. The molecule has 3 heterocycles. The summed E-state index contributed by atoms with van der Waals surface area (Å²) in [6.07, 6.45) is 8.59. The lowest BCUT2D eigenvalue weighted by atomic mass is 9.75. The molecule has 25 heavy (non-hydrogen) atoms. The summed E-state index contributed by atoms with van der Waals surface area (Å²) in [4.78, 5) is 31.2. The molecule has 0 bridgehead atoms. The van der Waals surface area contributed by atoms with Crippen LogP contribution in [0, 0.1) is 11.8 Å².